The Balaban J connectivity index is 1.62. The number of nitrogens with zero attached hydrogens (tertiary/aromatic N) is 6. The molecule has 2 aromatic carbocycles. The Labute approximate surface area is 151 Å². The van der Waals surface area contributed by atoms with Crippen molar-refractivity contribution in [3.63, 3.8) is 0 Å². The van der Waals surface area contributed by atoms with Gasteiger partial charge in [0.1, 0.15) is 0 Å². The summed E-state index contributed by atoms with van der Waals surface area (Å²) in [4.78, 5) is 5.58. The van der Waals surface area contributed by atoms with Gasteiger partial charge in [0.15, 0.2) is 0 Å². The predicted octanol–water partition coefficient (Wildman–Crippen LogP) is 7.61. The zero-order valence-corrected chi connectivity index (χ0v) is 14.3. The Morgan fingerprint density at radius 2 is 0.962 bits per heavy atom. The summed E-state index contributed by atoms with van der Waals surface area (Å²) in [6.07, 6.45) is 8.68. The summed E-state index contributed by atoms with van der Waals surface area (Å²) in [5, 5.41) is 7.18. The highest BCUT2D eigenvalue weighted by molar-refractivity contribution is 5.59. The molecule has 1 aliphatic carbocycles. The largest absolute Gasteiger partial charge is 0.0690 e. The zero-order valence-electron chi connectivity index (χ0n) is 14.3. The van der Waals surface area contributed by atoms with Crippen LogP contribution in [0.3, 0.4) is 0 Å². The van der Waals surface area contributed by atoms with E-state index in [4.69, 9.17) is 11.1 Å². The quantitative estimate of drug-likeness (QED) is 0.310. The molecular weight excluding hydrogens is 324 g/mol. The van der Waals surface area contributed by atoms with E-state index in [2.05, 4.69) is 32.2 Å². The average Bonchev–Trinajstić information content (AvgIpc) is 2.67. The van der Waals surface area contributed by atoms with Crippen molar-refractivity contribution in [1.82, 2.24) is 0 Å². The SMILES string of the molecule is [N-]=[N+]=Nc1ccc(C=C2CCC(=Cc3ccc(N=[N+]=[N-])cc3)CC2)cc1. The van der Waals surface area contributed by atoms with Crippen LogP contribution in [0.2, 0.25) is 0 Å². The molecule has 6 nitrogen and oxygen atoms in total. The van der Waals surface area contributed by atoms with Crippen LogP contribution >= 0.6 is 0 Å². The average molecular weight is 342 g/mol. The first kappa shape index (κ1) is 17.4. The van der Waals surface area contributed by atoms with Gasteiger partial charge in [-0.1, -0.05) is 82.1 Å². The van der Waals surface area contributed by atoms with Crippen LogP contribution in [0.4, 0.5) is 11.4 Å². The third-order valence-electron chi connectivity index (χ3n) is 4.38. The van der Waals surface area contributed by atoms with Crippen molar-refractivity contribution in [3.05, 3.63) is 91.7 Å². The second-order valence-corrected chi connectivity index (χ2v) is 6.17. The maximum atomic E-state index is 8.44. The van der Waals surface area contributed by atoms with Gasteiger partial charge in [0, 0.05) is 21.2 Å². The summed E-state index contributed by atoms with van der Waals surface area (Å²) >= 11 is 0. The second kappa shape index (κ2) is 8.58. The van der Waals surface area contributed by atoms with Crippen molar-refractivity contribution in [3.8, 4) is 0 Å². The Kier molecular flexibility index (Phi) is 5.73. The van der Waals surface area contributed by atoms with E-state index >= 15 is 0 Å². The van der Waals surface area contributed by atoms with E-state index in [1.165, 1.54) is 11.1 Å². The minimum Gasteiger partial charge on any atom is -0.0690 e. The molecule has 0 bridgehead atoms. The summed E-state index contributed by atoms with van der Waals surface area (Å²) in [6.45, 7) is 0. The van der Waals surface area contributed by atoms with Gasteiger partial charge in [0.05, 0.1) is 0 Å². The topological polar surface area (TPSA) is 97.5 Å². The number of benzene rings is 2. The lowest BCUT2D eigenvalue weighted by Crippen LogP contribution is -1.97. The summed E-state index contributed by atoms with van der Waals surface area (Å²) < 4.78 is 0. The lowest BCUT2D eigenvalue weighted by molar-refractivity contribution is 0.739. The van der Waals surface area contributed by atoms with Gasteiger partial charge in [-0.2, -0.15) is 0 Å². The van der Waals surface area contributed by atoms with Crippen molar-refractivity contribution in [2.24, 2.45) is 10.2 Å². The van der Waals surface area contributed by atoms with Crippen LogP contribution in [0.15, 0.2) is 69.9 Å². The summed E-state index contributed by atoms with van der Waals surface area (Å²) in [5.41, 5.74) is 23.3. The van der Waals surface area contributed by atoms with Crippen molar-refractivity contribution < 1.29 is 0 Å². The highest BCUT2D eigenvalue weighted by Gasteiger charge is 2.10. The highest BCUT2D eigenvalue weighted by Crippen LogP contribution is 2.31. The van der Waals surface area contributed by atoms with Crippen LogP contribution in [0, 0.1) is 0 Å². The minimum absolute atomic E-state index is 0.634. The smallest absolute Gasteiger partial charge is 0.0375 e. The molecule has 1 saturated carbocycles. The standard InChI is InChI=1S/C20H18N6/c21-25-23-19-9-5-17(6-10-19)13-15-1-2-16(4-3-15)14-18-7-11-20(12-8-18)24-26-22/h5-14H,1-4H2. The second-order valence-electron chi connectivity index (χ2n) is 6.17. The number of hydrogen-bond acceptors (Lipinski definition) is 2. The van der Waals surface area contributed by atoms with Crippen LogP contribution < -0.4 is 0 Å². The first-order chi connectivity index (χ1) is 12.8. The molecule has 0 atom stereocenters. The molecule has 0 heterocycles. The lowest BCUT2D eigenvalue weighted by Gasteiger charge is -2.18. The van der Waals surface area contributed by atoms with Crippen molar-refractivity contribution in [1.29, 1.82) is 0 Å². The van der Waals surface area contributed by atoms with E-state index in [1.807, 2.05) is 48.5 Å². The number of hydrogen-bond donors (Lipinski definition) is 0. The number of azide groups is 2. The molecule has 128 valence electrons. The molecule has 0 aromatic heterocycles. The van der Waals surface area contributed by atoms with Gasteiger partial charge >= 0.3 is 0 Å². The van der Waals surface area contributed by atoms with Crippen LogP contribution in [-0.2, 0) is 0 Å². The molecule has 1 aliphatic rings. The Morgan fingerprint density at radius 3 is 1.27 bits per heavy atom. The monoisotopic (exact) mass is 342 g/mol. The summed E-state index contributed by atoms with van der Waals surface area (Å²) in [6, 6.07) is 15.3. The van der Waals surface area contributed by atoms with Crippen LogP contribution in [0.1, 0.15) is 36.8 Å². The number of rotatable bonds is 4. The first-order valence-electron chi connectivity index (χ1n) is 8.46. The van der Waals surface area contributed by atoms with E-state index in [9.17, 15) is 0 Å². The molecule has 0 spiro atoms. The fourth-order valence-corrected chi connectivity index (χ4v) is 3.03. The maximum Gasteiger partial charge on any atom is 0.0375 e. The first-order valence-corrected chi connectivity index (χ1v) is 8.46. The van der Waals surface area contributed by atoms with Gasteiger partial charge in [-0.3, -0.25) is 0 Å². The predicted molar refractivity (Wildman–Crippen MR) is 105 cm³/mol. The van der Waals surface area contributed by atoms with Crippen molar-refractivity contribution in [2.75, 3.05) is 0 Å². The number of allylic oxidation sites excluding steroid dienone is 2. The molecule has 0 N–H and O–H groups in total. The van der Waals surface area contributed by atoms with Gasteiger partial charge in [0.2, 0.25) is 0 Å². The summed E-state index contributed by atoms with van der Waals surface area (Å²) in [5.74, 6) is 0. The summed E-state index contributed by atoms with van der Waals surface area (Å²) in [7, 11) is 0. The molecule has 3 rings (SSSR count). The molecule has 1 fully saturated rings. The molecule has 0 aliphatic heterocycles. The zero-order chi connectivity index (χ0) is 18.2. The molecule has 0 saturated heterocycles. The van der Waals surface area contributed by atoms with E-state index in [1.54, 1.807) is 0 Å². The third-order valence-corrected chi connectivity index (χ3v) is 4.38. The van der Waals surface area contributed by atoms with Crippen LogP contribution in [-0.4, -0.2) is 0 Å². The van der Waals surface area contributed by atoms with Crippen LogP contribution in [0.5, 0.6) is 0 Å². The normalized spacial score (nSPS) is 13.4. The fourth-order valence-electron chi connectivity index (χ4n) is 3.03. The Bertz CT molecular complexity index is 834. The third kappa shape index (κ3) is 4.77. The van der Waals surface area contributed by atoms with E-state index in [0.717, 1.165) is 36.8 Å². The molecule has 0 radical (unpaired) electrons. The fraction of sp³-hybridized carbons (Fsp3) is 0.200. The Morgan fingerprint density at radius 1 is 0.615 bits per heavy atom. The van der Waals surface area contributed by atoms with Crippen LogP contribution in [0.25, 0.3) is 33.0 Å². The van der Waals surface area contributed by atoms with E-state index in [-0.39, 0.29) is 0 Å². The van der Waals surface area contributed by atoms with Crippen molar-refractivity contribution in [2.45, 2.75) is 25.7 Å². The van der Waals surface area contributed by atoms with Gasteiger partial charge in [-0.05, 0) is 47.9 Å². The Hall–Kier alpha value is -3.46. The van der Waals surface area contributed by atoms with Gasteiger partial charge in [0.25, 0.3) is 0 Å². The molecule has 2 aromatic rings. The minimum atomic E-state index is 0.634. The lowest BCUT2D eigenvalue weighted by atomic mass is 9.88. The molecule has 6 heteroatoms. The van der Waals surface area contributed by atoms with Gasteiger partial charge in [-0.15, -0.1) is 0 Å². The maximum absolute atomic E-state index is 8.44. The van der Waals surface area contributed by atoms with Gasteiger partial charge < -0.3 is 0 Å². The molecule has 26 heavy (non-hydrogen) atoms. The highest BCUT2D eigenvalue weighted by atomic mass is 15.1. The van der Waals surface area contributed by atoms with Gasteiger partial charge in [-0.25, -0.2) is 0 Å². The van der Waals surface area contributed by atoms with E-state index in [0.29, 0.717) is 11.4 Å². The molecule has 0 unspecified atom stereocenters. The molecular formula is C20H18N6. The van der Waals surface area contributed by atoms with E-state index < -0.39 is 0 Å². The molecule has 0 amide bonds. The van der Waals surface area contributed by atoms with Crippen molar-refractivity contribution >= 4 is 23.5 Å².